The summed E-state index contributed by atoms with van der Waals surface area (Å²) >= 11 is 0. The van der Waals surface area contributed by atoms with E-state index in [-0.39, 0.29) is 19.0 Å². The molecule has 0 unspecified atom stereocenters. The molecule has 1 aliphatic heterocycles. The highest BCUT2D eigenvalue weighted by atomic mass is 16.3. The summed E-state index contributed by atoms with van der Waals surface area (Å²) in [5.41, 5.74) is 3.39. The van der Waals surface area contributed by atoms with Gasteiger partial charge in [0.05, 0.1) is 16.6 Å². The average molecular weight is 425 g/mol. The number of hydrogen-bond donors (Lipinski definition) is 2. The molecule has 166 valence electrons. The molecular weight excluding hydrogens is 392 g/mol. The average Bonchev–Trinajstić information content (AvgIpc) is 3.32. The molecule has 4 rings (SSSR count). The molecule has 31 heavy (non-hydrogen) atoms. The summed E-state index contributed by atoms with van der Waals surface area (Å²) in [5, 5.41) is 17.9. The van der Waals surface area contributed by atoms with Gasteiger partial charge in [-0.05, 0) is 51.8 Å². The molecule has 0 saturated carbocycles. The minimum atomic E-state index is -0.939. The Morgan fingerprint density at radius 1 is 1.39 bits per heavy atom. The molecule has 1 amide bonds. The minimum absolute atomic E-state index is 0.0498. The molecule has 0 radical (unpaired) electrons. The van der Waals surface area contributed by atoms with Gasteiger partial charge in [-0.1, -0.05) is 0 Å². The number of aromatic nitrogens is 4. The second kappa shape index (κ2) is 8.34. The van der Waals surface area contributed by atoms with Crippen LogP contribution < -0.4 is 5.32 Å². The molecule has 1 atom stereocenters. The molecule has 1 aromatic carbocycles. The Morgan fingerprint density at radius 3 is 2.90 bits per heavy atom. The van der Waals surface area contributed by atoms with Crippen LogP contribution >= 0.6 is 0 Å². The molecule has 8 heteroatoms. The molecule has 0 spiro atoms. The number of rotatable bonds is 7. The molecule has 0 bridgehead atoms. The highest BCUT2D eigenvalue weighted by Gasteiger charge is 2.24. The monoisotopic (exact) mass is 424 g/mol. The number of amides is 1. The largest absolute Gasteiger partial charge is 0.389 e. The number of carbonyl (C=O) groups is 1. The lowest BCUT2D eigenvalue weighted by molar-refractivity contribution is -0.133. The Labute approximate surface area is 182 Å². The van der Waals surface area contributed by atoms with E-state index < -0.39 is 5.60 Å². The Hall–Kier alpha value is -2.87. The van der Waals surface area contributed by atoms with Crippen LogP contribution in [0.1, 0.15) is 38.6 Å². The van der Waals surface area contributed by atoms with Gasteiger partial charge < -0.3 is 19.9 Å². The molecule has 3 aromatic rings. The van der Waals surface area contributed by atoms with Crippen molar-refractivity contribution < 1.29 is 9.90 Å². The predicted octanol–water partition coefficient (Wildman–Crippen LogP) is 2.45. The molecular formula is C23H32N6O2. The summed E-state index contributed by atoms with van der Waals surface area (Å²) in [6, 6.07) is 6.52. The third-order valence-electron chi connectivity index (χ3n) is 5.80. The number of aryl methyl sites for hydroxylation is 3. The van der Waals surface area contributed by atoms with Gasteiger partial charge in [0.15, 0.2) is 0 Å². The van der Waals surface area contributed by atoms with Gasteiger partial charge in [-0.25, -0.2) is 4.98 Å². The van der Waals surface area contributed by atoms with Crippen molar-refractivity contribution in [2.75, 3.05) is 18.9 Å². The molecule has 0 fully saturated rings. The number of anilines is 1. The van der Waals surface area contributed by atoms with Crippen LogP contribution in [0.25, 0.3) is 11.0 Å². The predicted molar refractivity (Wildman–Crippen MR) is 121 cm³/mol. The van der Waals surface area contributed by atoms with E-state index in [4.69, 9.17) is 4.98 Å². The van der Waals surface area contributed by atoms with Gasteiger partial charge >= 0.3 is 0 Å². The summed E-state index contributed by atoms with van der Waals surface area (Å²) in [6.45, 7) is 6.77. The number of imidazole rings is 1. The first-order chi connectivity index (χ1) is 14.7. The van der Waals surface area contributed by atoms with E-state index in [1.807, 2.05) is 21.5 Å². The fourth-order valence-electron chi connectivity index (χ4n) is 4.32. The van der Waals surface area contributed by atoms with Crippen molar-refractivity contribution in [3.05, 3.63) is 42.0 Å². The molecule has 0 aliphatic carbocycles. The van der Waals surface area contributed by atoms with Crippen molar-refractivity contribution in [1.29, 1.82) is 0 Å². The van der Waals surface area contributed by atoms with E-state index in [9.17, 15) is 9.90 Å². The number of nitrogens with one attached hydrogen (secondary N) is 1. The van der Waals surface area contributed by atoms with Crippen molar-refractivity contribution in [3.63, 3.8) is 0 Å². The standard InChI is InChI=1S/C23H32N6O2/c1-16-6-7-17-18(25-16)8-9-19-22(17)26-20(10-13-28-12-5-11-24-28)29(19)14-21(30)27(4)15-23(2,3)31/h5,8-9,11-12,16,25,31H,6-7,10,13-15H2,1-4H3/t16-/m0/s1. The van der Waals surface area contributed by atoms with Gasteiger partial charge in [0.25, 0.3) is 0 Å². The number of nitrogens with zero attached hydrogens (tertiary/aromatic N) is 5. The lowest BCUT2D eigenvalue weighted by Crippen LogP contribution is -2.41. The highest BCUT2D eigenvalue weighted by molar-refractivity contribution is 5.87. The molecule has 2 N–H and O–H groups in total. The number of fused-ring (bicyclic) bond motifs is 3. The topological polar surface area (TPSA) is 88.2 Å². The first kappa shape index (κ1) is 21.4. The summed E-state index contributed by atoms with van der Waals surface area (Å²) < 4.78 is 3.91. The zero-order valence-corrected chi connectivity index (χ0v) is 18.8. The number of benzene rings is 1. The zero-order valence-electron chi connectivity index (χ0n) is 18.8. The normalized spacial score (nSPS) is 16.2. The SMILES string of the molecule is C[C@H]1CCc2c(ccc3c2nc(CCn2cccn2)n3CC(=O)N(C)CC(C)(C)O)N1. The van der Waals surface area contributed by atoms with E-state index in [1.165, 1.54) is 5.56 Å². The fourth-order valence-corrected chi connectivity index (χ4v) is 4.32. The Balaban J connectivity index is 1.68. The first-order valence-electron chi connectivity index (χ1n) is 10.9. The van der Waals surface area contributed by atoms with Gasteiger partial charge in [-0.2, -0.15) is 5.10 Å². The van der Waals surface area contributed by atoms with E-state index in [0.29, 0.717) is 19.0 Å². The first-order valence-corrected chi connectivity index (χ1v) is 10.9. The lowest BCUT2D eigenvalue weighted by Gasteiger charge is -2.26. The van der Waals surface area contributed by atoms with Gasteiger partial charge in [0.2, 0.25) is 5.91 Å². The third-order valence-corrected chi connectivity index (χ3v) is 5.80. The Kier molecular flexibility index (Phi) is 5.75. The van der Waals surface area contributed by atoms with Crippen LogP contribution in [0, 0.1) is 0 Å². The van der Waals surface area contributed by atoms with Crippen molar-refractivity contribution >= 4 is 22.6 Å². The number of likely N-dealkylation sites (N-methyl/N-ethyl adjacent to an activating group) is 1. The quantitative estimate of drug-likeness (QED) is 0.608. The summed E-state index contributed by atoms with van der Waals surface area (Å²) in [5.74, 6) is 0.828. The van der Waals surface area contributed by atoms with Crippen LogP contribution in [0.15, 0.2) is 30.6 Å². The van der Waals surface area contributed by atoms with Crippen LogP contribution in [-0.4, -0.2) is 60.5 Å². The second-order valence-corrected chi connectivity index (χ2v) is 9.24. The maximum Gasteiger partial charge on any atom is 0.242 e. The van der Waals surface area contributed by atoms with Crippen LogP contribution in [0.2, 0.25) is 0 Å². The van der Waals surface area contributed by atoms with Crippen LogP contribution in [0.5, 0.6) is 0 Å². The molecule has 0 saturated heterocycles. The van der Waals surface area contributed by atoms with Crippen LogP contribution in [0.3, 0.4) is 0 Å². The maximum absolute atomic E-state index is 13.0. The maximum atomic E-state index is 13.0. The van der Waals surface area contributed by atoms with Crippen molar-refractivity contribution in [1.82, 2.24) is 24.2 Å². The Bertz CT molecular complexity index is 1060. The number of aliphatic hydroxyl groups is 1. The van der Waals surface area contributed by atoms with E-state index in [0.717, 1.165) is 35.4 Å². The summed E-state index contributed by atoms with van der Waals surface area (Å²) in [7, 11) is 1.73. The van der Waals surface area contributed by atoms with Crippen molar-refractivity contribution in [2.45, 2.75) is 64.8 Å². The van der Waals surface area contributed by atoms with Gasteiger partial charge in [-0.3, -0.25) is 9.48 Å². The Morgan fingerprint density at radius 2 is 2.19 bits per heavy atom. The second-order valence-electron chi connectivity index (χ2n) is 9.24. The van der Waals surface area contributed by atoms with Gasteiger partial charge in [-0.15, -0.1) is 0 Å². The summed E-state index contributed by atoms with van der Waals surface area (Å²) in [4.78, 5) is 19.6. The van der Waals surface area contributed by atoms with Crippen molar-refractivity contribution in [2.24, 2.45) is 0 Å². The van der Waals surface area contributed by atoms with E-state index in [1.54, 1.807) is 32.0 Å². The number of hydrogen-bond acceptors (Lipinski definition) is 5. The molecule has 3 heterocycles. The minimum Gasteiger partial charge on any atom is -0.389 e. The number of carbonyl (C=O) groups excluding carboxylic acids is 1. The molecule has 1 aliphatic rings. The van der Waals surface area contributed by atoms with Gasteiger partial charge in [0, 0.05) is 56.2 Å². The fraction of sp³-hybridized carbons (Fsp3) is 0.522. The van der Waals surface area contributed by atoms with Crippen molar-refractivity contribution in [3.8, 4) is 0 Å². The third kappa shape index (κ3) is 4.74. The van der Waals surface area contributed by atoms with E-state index in [2.05, 4.69) is 29.5 Å². The zero-order chi connectivity index (χ0) is 22.2. The molecule has 2 aromatic heterocycles. The van der Waals surface area contributed by atoms with Crippen LogP contribution in [-0.2, 0) is 30.7 Å². The lowest BCUT2D eigenvalue weighted by atomic mass is 9.98. The highest BCUT2D eigenvalue weighted by Crippen LogP contribution is 2.32. The summed E-state index contributed by atoms with van der Waals surface area (Å²) in [6.07, 6.45) is 6.42. The van der Waals surface area contributed by atoms with Crippen LogP contribution in [0.4, 0.5) is 5.69 Å². The molecule has 8 nitrogen and oxygen atoms in total. The van der Waals surface area contributed by atoms with Gasteiger partial charge in [0.1, 0.15) is 12.4 Å². The van der Waals surface area contributed by atoms with E-state index >= 15 is 0 Å². The smallest absolute Gasteiger partial charge is 0.242 e.